The van der Waals surface area contributed by atoms with Gasteiger partial charge >= 0.3 is 0 Å². The molecule has 5 rings (SSSR count). The van der Waals surface area contributed by atoms with Crippen LogP contribution in [-0.2, 0) is 11.2 Å². The molecule has 1 aliphatic heterocycles. The highest BCUT2D eigenvalue weighted by Gasteiger charge is 2.38. The van der Waals surface area contributed by atoms with Gasteiger partial charge in [-0.1, -0.05) is 23.8 Å². The van der Waals surface area contributed by atoms with Crippen LogP contribution in [0.5, 0.6) is 0 Å². The van der Waals surface area contributed by atoms with E-state index in [4.69, 9.17) is 0 Å². The summed E-state index contributed by atoms with van der Waals surface area (Å²) in [6.07, 6.45) is 8.11. The standard InChI is InChI=1S/C21H24N2O/c1-13-21-17(16-4-2-3-5-19(16)22-21)10-11-23(13)20(24)12-18(14-6-7-14)15-8-9-15/h2-5,12-15,22H,6-11H2,1H3. The van der Waals surface area contributed by atoms with Gasteiger partial charge in [0.25, 0.3) is 0 Å². The summed E-state index contributed by atoms with van der Waals surface area (Å²) >= 11 is 0. The summed E-state index contributed by atoms with van der Waals surface area (Å²) in [7, 11) is 0. The van der Waals surface area contributed by atoms with E-state index >= 15 is 0 Å². The van der Waals surface area contributed by atoms with Gasteiger partial charge in [0.15, 0.2) is 0 Å². The number of rotatable bonds is 3. The highest BCUT2D eigenvalue weighted by molar-refractivity contribution is 5.90. The number of nitrogens with zero attached hydrogens (tertiary/aromatic N) is 1. The molecular weight excluding hydrogens is 296 g/mol. The first-order valence-corrected chi connectivity index (χ1v) is 9.34. The Morgan fingerprint density at radius 2 is 1.88 bits per heavy atom. The minimum Gasteiger partial charge on any atom is -0.356 e. The molecule has 124 valence electrons. The number of hydrogen-bond acceptors (Lipinski definition) is 1. The molecule has 1 aromatic carbocycles. The van der Waals surface area contributed by atoms with Crippen LogP contribution in [0.1, 0.15) is 49.9 Å². The molecule has 3 aliphatic rings. The lowest BCUT2D eigenvalue weighted by Gasteiger charge is -2.33. The summed E-state index contributed by atoms with van der Waals surface area (Å²) in [5.41, 5.74) is 5.27. The fourth-order valence-electron chi connectivity index (χ4n) is 4.36. The molecule has 2 fully saturated rings. The van der Waals surface area contributed by atoms with Crippen LogP contribution >= 0.6 is 0 Å². The van der Waals surface area contributed by atoms with E-state index in [1.54, 1.807) is 0 Å². The zero-order valence-corrected chi connectivity index (χ0v) is 14.2. The molecule has 3 nitrogen and oxygen atoms in total. The van der Waals surface area contributed by atoms with Gasteiger partial charge in [-0.3, -0.25) is 4.79 Å². The third kappa shape index (κ3) is 2.29. The molecule has 2 saturated carbocycles. The molecule has 24 heavy (non-hydrogen) atoms. The van der Waals surface area contributed by atoms with Crippen LogP contribution in [0.2, 0.25) is 0 Å². The topological polar surface area (TPSA) is 36.1 Å². The van der Waals surface area contributed by atoms with Crippen molar-refractivity contribution < 1.29 is 4.79 Å². The molecule has 2 heterocycles. The average molecular weight is 320 g/mol. The van der Waals surface area contributed by atoms with Crippen molar-refractivity contribution in [3.05, 3.63) is 47.2 Å². The number of aromatic amines is 1. The number of nitrogens with one attached hydrogen (secondary N) is 1. The van der Waals surface area contributed by atoms with Crippen molar-refractivity contribution in [2.45, 2.75) is 45.1 Å². The van der Waals surface area contributed by atoms with Crippen molar-refractivity contribution in [2.24, 2.45) is 11.8 Å². The van der Waals surface area contributed by atoms with E-state index < -0.39 is 0 Å². The van der Waals surface area contributed by atoms with E-state index in [-0.39, 0.29) is 11.9 Å². The number of carbonyl (C=O) groups excluding carboxylic acids is 1. The van der Waals surface area contributed by atoms with Crippen LogP contribution in [0.25, 0.3) is 10.9 Å². The minimum absolute atomic E-state index is 0.129. The van der Waals surface area contributed by atoms with Gasteiger partial charge in [0.2, 0.25) is 5.91 Å². The summed E-state index contributed by atoms with van der Waals surface area (Å²) < 4.78 is 0. The molecule has 0 radical (unpaired) electrons. The van der Waals surface area contributed by atoms with E-state index in [2.05, 4.69) is 41.1 Å². The first-order chi connectivity index (χ1) is 11.7. The second kappa shape index (κ2) is 5.23. The molecule has 3 heteroatoms. The first-order valence-electron chi connectivity index (χ1n) is 9.34. The number of benzene rings is 1. The van der Waals surface area contributed by atoms with Gasteiger partial charge < -0.3 is 9.88 Å². The van der Waals surface area contributed by atoms with Gasteiger partial charge in [-0.25, -0.2) is 0 Å². The van der Waals surface area contributed by atoms with Gasteiger partial charge in [0.1, 0.15) is 0 Å². The van der Waals surface area contributed by atoms with Crippen molar-refractivity contribution in [1.29, 1.82) is 0 Å². The number of hydrogen-bond donors (Lipinski definition) is 1. The maximum Gasteiger partial charge on any atom is 0.247 e. The van der Waals surface area contributed by atoms with Crippen LogP contribution in [0.3, 0.4) is 0 Å². The van der Waals surface area contributed by atoms with E-state index in [0.717, 1.165) is 13.0 Å². The predicted molar refractivity (Wildman–Crippen MR) is 95.7 cm³/mol. The van der Waals surface area contributed by atoms with E-state index in [1.165, 1.54) is 53.4 Å². The zero-order valence-electron chi connectivity index (χ0n) is 14.2. The average Bonchev–Trinajstić information content (AvgIpc) is 3.50. The molecule has 1 N–H and O–H groups in total. The Labute approximate surface area is 142 Å². The van der Waals surface area contributed by atoms with Crippen molar-refractivity contribution in [3.63, 3.8) is 0 Å². The molecule has 1 atom stereocenters. The number of amides is 1. The summed E-state index contributed by atoms with van der Waals surface area (Å²) in [6, 6.07) is 8.61. The predicted octanol–water partition coefficient (Wildman–Crippen LogP) is 4.36. The molecule has 0 bridgehead atoms. The van der Waals surface area contributed by atoms with Crippen LogP contribution < -0.4 is 0 Å². The monoisotopic (exact) mass is 320 g/mol. The Bertz CT molecular complexity index is 825. The van der Waals surface area contributed by atoms with Gasteiger partial charge in [-0.2, -0.15) is 0 Å². The summed E-state index contributed by atoms with van der Waals surface area (Å²) in [4.78, 5) is 18.6. The second-order valence-corrected chi connectivity index (χ2v) is 7.71. The minimum atomic E-state index is 0.129. The highest BCUT2D eigenvalue weighted by Crippen LogP contribution is 2.49. The second-order valence-electron chi connectivity index (χ2n) is 7.71. The van der Waals surface area contributed by atoms with Crippen LogP contribution in [0.15, 0.2) is 35.9 Å². The largest absolute Gasteiger partial charge is 0.356 e. The van der Waals surface area contributed by atoms with Gasteiger partial charge in [0.05, 0.1) is 6.04 Å². The maximum atomic E-state index is 12.9. The van der Waals surface area contributed by atoms with Gasteiger partial charge in [-0.05, 0) is 62.5 Å². The molecule has 0 saturated heterocycles. The fraction of sp³-hybridized carbons (Fsp3) is 0.476. The number of aromatic nitrogens is 1. The van der Waals surface area contributed by atoms with Crippen molar-refractivity contribution >= 4 is 16.8 Å². The summed E-state index contributed by atoms with van der Waals surface area (Å²) in [5.74, 6) is 1.65. The van der Waals surface area contributed by atoms with Crippen molar-refractivity contribution in [2.75, 3.05) is 6.54 Å². The SMILES string of the molecule is CC1c2[nH]c3ccccc3c2CCN1C(=O)C=C(C1CC1)C1CC1. The Hall–Kier alpha value is -2.03. The lowest BCUT2D eigenvalue weighted by atomic mass is 9.97. The van der Waals surface area contributed by atoms with Crippen molar-refractivity contribution in [1.82, 2.24) is 9.88 Å². The van der Waals surface area contributed by atoms with E-state index in [0.29, 0.717) is 11.8 Å². The smallest absolute Gasteiger partial charge is 0.247 e. The quantitative estimate of drug-likeness (QED) is 0.838. The lowest BCUT2D eigenvalue weighted by molar-refractivity contribution is -0.128. The molecule has 1 unspecified atom stereocenters. The highest BCUT2D eigenvalue weighted by atomic mass is 16.2. The molecule has 2 aliphatic carbocycles. The Kier molecular flexibility index (Phi) is 3.12. The Morgan fingerprint density at radius 3 is 2.58 bits per heavy atom. The molecule has 1 aromatic heterocycles. The third-order valence-electron chi connectivity index (χ3n) is 6.01. The van der Waals surface area contributed by atoms with Crippen LogP contribution in [0, 0.1) is 11.8 Å². The number of allylic oxidation sites excluding steroid dienone is 1. The number of fused-ring (bicyclic) bond motifs is 3. The van der Waals surface area contributed by atoms with Crippen LogP contribution in [0.4, 0.5) is 0 Å². The molecule has 0 spiro atoms. The summed E-state index contributed by atoms with van der Waals surface area (Å²) in [5, 5.41) is 1.32. The zero-order chi connectivity index (χ0) is 16.3. The maximum absolute atomic E-state index is 12.9. The number of para-hydroxylation sites is 1. The third-order valence-corrected chi connectivity index (χ3v) is 6.01. The first kappa shape index (κ1) is 14.3. The normalized spacial score (nSPS) is 23.2. The van der Waals surface area contributed by atoms with Gasteiger partial charge in [-0.15, -0.1) is 0 Å². The van der Waals surface area contributed by atoms with E-state index in [1.807, 2.05) is 6.08 Å². The van der Waals surface area contributed by atoms with Crippen LogP contribution in [-0.4, -0.2) is 22.3 Å². The number of carbonyl (C=O) groups is 1. The molecule has 1 amide bonds. The number of H-pyrrole nitrogens is 1. The lowest BCUT2D eigenvalue weighted by Crippen LogP contribution is -2.38. The fourth-order valence-corrected chi connectivity index (χ4v) is 4.36. The van der Waals surface area contributed by atoms with Crippen molar-refractivity contribution in [3.8, 4) is 0 Å². The Morgan fingerprint density at radius 1 is 1.17 bits per heavy atom. The van der Waals surface area contributed by atoms with E-state index in [9.17, 15) is 4.79 Å². The summed E-state index contributed by atoms with van der Waals surface area (Å²) in [6.45, 7) is 2.99. The Balaban J connectivity index is 1.45. The molecular formula is C21H24N2O. The molecule has 2 aromatic rings. The van der Waals surface area contributed by atoms with Gasteiger partial charge in [0, 0.05) is 29.2 Å².